The number of allylic oxidation sites excluding steroid dienone is 2. The van der Waals surface area contributed by atoms with Gasteiger partial charge < -0.3 is 14.8 Å². The largest absolute Gasteiger partial charge is 0.481 e. The molecule has 1 unspecified atom stereocenters. The lowest BCUT2D eigenvalue weighted by Gasteiger charge is -2.20. The number of amides is 1. The Balaban J connectivity index is 1.87. The number of hydrogen-bond acceptors (Lipinski definition) is 4. The summed E-state index contributed by atoms with van der Waals surface area (Å²) in [6.07, 6.45) is 7.60. The van der Waals surface area contributed by atoms with E-state index in [1.165, 1.54) is 7.11 Å². The van der Waals surface area contributed by atoms with Gasteiger partial charge in [0.15, 0.2) is 0 Å². The van der Waals surface area contributed by atoms with Crippen molar-refractivity contribution in [2.45, 2.75) is 40.0 Å². The predicted molar refractivity (Wildman–Crippen MR) is 139 cm³/mol. The minimum absolute atomic E-state index is 0.0189. The number of methoxy groups -OCH3 is 1. The predicted octanol–water partition coefficient (Wildman–Crippen LogP) is 4.60. The fraction of sp³-hybridized carbons (Fsp3) is 0.310. The van der Waals surface area contributed by atoms with Crippen LogP contribution in [0.2, 0.25) is 0 Å². The van der Waals surface area contributed by atoms with Crippen molar-refractivity contribution in [1.82, 2.24) is 5.32 Å². The first kappa shape index (κ1) is 26.1. The summed E-state index contributed by atoms with van der Waals surface area (Å²) in [5.41, 5.74) is 4.30. The van der Waals surface area contributed by atoms with Crippen molar-refractivity contribution in [3.8, 4) is 0 Å². The lowest BCUT2D eigenvalue weighted by molar-refractivity contribution is 0.0512. The van der Waals surface area contributed by atoms with Crippen LogP contribution in [0.1, 0.15) is 60.4 Å². The number of benzene rings is 2. The number of nitrogens with one attached hydrogen (secondary N) is 2. The Morgan fingerprint density at radius 1 is 1.20 bits per heavy atom. The Bertz CT molecular complexity index is 1280. The van der Waals surface area contributed by atoms with Crippen LogP contribution in [0.3, 0.4) is 0 Å². The Labute approximate surface area is 206 Å². The van der Waals surface area contributed by atoms with Gasteiger partial charge in [0.1, 0.15) is 6.17 Å². The van der Waals surface area contributed by atoms with E-state index < -0.39 is 6.17 Å². The molecule has 1 aliphatic heterocycles. The van der Waals surface area contributed by atoms with Gasteiger partial charge in [-0.25, -0.2) is 4.39 Å². The van der Waals surface area contributed by atoms with Crippen molar-refractivity contribution >= 4 is 29.5 Å². The second-order valence-electron chi connectivity index (χ2n) is 8.28. The number of hydrogen-bond donors (Lipinski definition) is 2. The van der Waals surface area contributed by atoms with Crippen LogP contribution in [0.25, 0.3) is 17.7 Å². The minimum atomic E-state index is -1.21. The molecule has 184 valence electrons. The van der Waals surface area contributed by atoms with Crippen molar-refractivity contribution in [3.05, 3.63) is 86.8 Å². The smallest absolute Gasteiger partial charge is 0.251 e. The average molecular weight is 477 g/mol. The maximum absolute atomic E-state index is 14.2. The van der Waals surface area contributed by atoms with Crippen LogP contribution in [-0.2, 0) is 16.1 Å². The van der Waals surface area contributed by atoms with Crippen molar-refractivity contribution in [1.29, 1.82) is 5.41 Å². The highest BCUT2D eigenvalue weighted by molar-refractivity contribution is 6.17. The van der Waals surface area contributed by atoms with Crippen LogP contribution in [0.15, 0.2) is 54.1 Å². The number of carbonyl (C=O) groups is 1. The fourth-order valence-electron chi connectivity index (χ4n) is 4.12. The lowest BCUT2D eigenvalue weighted by Crippen LogP contribution is -2.29. The van der Waals surface area contributed by atoms with Gasteiger partial charge in [-0.2, -0.15) is 0 Å². The van der Waals surface area contributed by atoms with E-state index in [1.807, 2.05) is 57.2 Å². The van der Waals surface area contributed by atoms with E-state index in [1.54, 1.807) is 18.2 Å². The standard InChI is InChI=1S/C29H33FN2O3/c1-5-8-19(13-24-14-21(10-9-20(24)6-2)25(7-3)28(31)34-4)16-32-29(33)22-11-12-23-17-35-18-27(30)26(23)15-22/h6-15,27,31H,5,16-18H2,1-4H3,(H,32,33)/b19-8-,20-6-,24-13-,25-7-,31-28?. The van der Waals surface area contributed by atoms with Gasteiger partial charge in [-0.05, 0) is 77.2 Å². The molecule has 0 spiro atoms. The molecule has 5 nitrogen and oxygen atoms in total. The number of halogens is 1. The topological polar surface area (TPSA) is 71.4 Å². The molecule has 1 atom stereocenters. The molecule has 1 aliphatic rings. The summed E-state index contributed by atoms with van der Waals surface area (Å²) in [5.74, 6) is -0.141. The molecule has 0 aliphatic carbocycles. The maximum Gasteiger partial charge on any atom is 0.251 e. The number of alkyl halides is 1. The summed E-state index contributed by atoms with van der Waals surface area (Å²) >= 11 is 0. The van der Waals surface area contributed by atoms with Gasteiger partial charge in [-0.1, -0.05) is 43.4 Å². The van der Waals surface area contributed by atoms with Crippen molar-refractivity contribution in [2.75, 3.05) is 20.3 Å². The van der Waals surface area contributed by atoms with E-state index in [9.17, 15) is 9.18 Å². The van der Waals surface area contributed by atoms with E-state index in [0.29, 0.717) is 29.9 Å². The van der Waals surface area contributed by atoms with Gasteiger partial charge in [0.2, 0.25) is 5.90 Å². The van der Waals surface area contributed by atoms with Crippen LogP contribution >= 0.6 is 0 Å². The van der Waals surface area contributed by atoms with Gasteiger partial charge in [-0.15, -0.1) is 0 Å². The molecule has 0 fully saturated rings. The zero-order chi connectivity index (χ0) is 25.4. The number of fused-ring (bicyclic) bond motifs is 1. The van der Waals surface area contributed by atoms with Crippen LogP contribution < -0.4 is 15.8 Å². The second kappa shape index (κ2) is 12.3. The number of carbonyl (C=O) groups excluding carboxylic acids is 1. The van der Waals surface area contributed by atoms with Crippen LogP contribution in [-0.4, -0.2) is 32.1 Å². The van der Waals surface area contributed by atoms with E-state index in [0.717, 1.165) is 33.6 Å². The average Bonchev–Trinajstić information content (AvgIpc) is 2.87. The lowest BCUT2D eigenvalue weighted by atomic mass is 9.98. The highest BCUT2D eigenvalue weighted by Gasteiger charge is 2.21. The molecule has 0 saturated carbocycles. The molecule has 0 radical (unpaired) electrons. The van der Waals surface area contributed by atoms with Crippen LogP contribution in [0, 0.1) is 5.41 Å². The van der Waals surface area contributed by atoms with Crippen molar-refractivity contribution < 1.29 is 18.7 Å². The molecule has 1 amide bonds. The maximum atomic E-state index is 14.2. The summed E-state index contributed by atoms with van der Waals surface area (Å²) in [4.78, 5) is 12.9. The summed E-state index contributed by atoms with van der Waals surface area (Å²) < 4.78 is 24.6. The summed E-state index contributed by atoms with van der Waals surface area (Å²) in [6, 6.07) is 11.1. The molecule has 2 N–H and O–H groups in total. The van der Waals surface area contributed by atoms with E-state index in [2.05, 4.69) is 11.4 Å². The third kappa shape index (κ3) is 6.34. The van der Waals surface area contributed by atoms with Gasteiger partial charge in [0.25, 0.3) is 5.91 Å². The Morgan fingerprint density at radius 2 is 1.97 bits per heavy atom. The third-order valence-electron chi connectivity index (χ3n) is 5.97. The Morgan fingerprint density at radius 3 is 2.66 bits per heavy atom. The van der Waals surface area contributed by atoms with Gasteiger partial charge in [0, 0.05) is 17.7 Å². The molecular weight excluding hydrogens is 443 g/mol. The number of rotatable bonds is 7. The molecule has 2 aromatic carbocycles. The van der Waals surface area contributed by atoms with E-state index in [-0.39, 0.29) is 18.4 Å². The Hall–Kier alpha value is -3.51. The van der Waals surface area contributed by atoms with Crippen molar-refractivity contribution in [2.24, 2.45) is 0 Å². The first-order chi connectivity index (χ1) is 16.9. The van der Waals surface area contributed by atoms with Crippen LogP contribution in [0.5, 0.6) is 0 Å². The molecule has 6 heteroatoms. The monoisotopic (exact) mass is 476 g/mol. The molecule has 35 heavy (non-hydrogen) atoms. The zero-order valence-electron chi connectivity index (χ0n) is 20.8. The highest BCUT2D eigenvalue weighted by Crippen LogP contribution is 2.28. The Kier molecular flexibility index (Phi) is 9.15. The minimum Gasteiger partial charge on any atom is -0.481 e. The molecule has 0 aromatic heterocycles. The quantitative estimate of drug-likeness (QED) is 0.453. The van der Waals surface area contributed by atoms with E-state index >= 15 is 0 Å². The second-order valence-corrected chi connectivity index (χ2v) is 8.28. The van der Waals surface area contributed by atoms with Gasteiger partial charge >= 0.3 is 0 Å². The molecule has 3 rings (SSSR count). The van der Waals surface area contributed by atoms with Gasteiger partial charge in [0.05, 0.1) is 20.3 Å². The van der Waals surface area contributed by atoms with Gasteiger partial charge in [-0.3, -0.25) is 10.2 Å². The van der Waals surface area contributed by atoms with Crippen LogP contribution in [0.4, 0.5) is 4.39 Å². The SMILES string of the molecule is C/C=C(\C(=N)OC)c1ccc(=C/C)/c(=C\C(=C\CC)CNC(=O)c2ccc3c(c2)C(F)COC3)c1. The fourth-order valence-corrected chi connectivity index (χ4v) is 4.12. The first-order valence-corrected chi connectivity index (χ1v) is 11.8. The van der Waals surface area contributed by atoms with Crippen molar-refractivity contribution in [3.63, 3.8) is 0 Å². The third-order valence-corrected chi connectivity index (χ3v) is 5.97. The first-order valence-electron chi connectivity index (χ1n) is 11.8. The normalized spacial score (nSPS) is 17.2. The number of ether oxygens (including phenoxy) is 2. The molecule has 1 heterocycles. The zero-order valence-corrected chi connectivity index (χ0v) is 20.8. The molecule has 0 saturated heterocycles. The summed E-state index contributed by atoms with van der Waals surface area (Å²) in [6.45, 7) is 6.62. The highest BCUT2D eigenvalue weighted by atomic mass is 19.1. The summed E-state index contributed by atoms with van der Waals surface area (Å²) in [7, 11) is 1.49. The summed E-state index contributed by atoms with van der Waals surface area (Å²) in [5, 5.41) is 13.1. The molecule has 0 bridgehead atoms. The molecular formula is C29H33FN2O3. The molecule has 2 aromatic rings. The van der Waals surface area contributed by atoms with E-state index in [4.69, 9.17) is 14.9 Å².